The summed E-state index contributed by atoms with van der Waals surface area (Å²) in [5.74, 6) is 0.232. The van der Waals surface area contributed by atoms with Crippen molar-refractivity contribution in [1.29, 1.82) is 0 Å². The van der Waals surface area contributed by atoms with Crippen LogP contribution in [0.5, 0.6) is 5.75 Å². The lowest BCUT2D eigenvalue weighted by Gasteiger charge is -2.37. The summed E-state index contributed by atoms with van der Waals surface area (Å²) in [6, 6.07) is 16.8. The van der Waals surface area contributed by atoms with Crippen LogP contribution in [-0.4, -0.2) is 66.6 Å². The number of sulfonamides is 1. The number of likely N-dealkylation sites (N-methyl/N-ethyl adjacent to an activating group) is 1. The van der Waals surface area contributed by atoms with Gasteiger partial charge in [0.25, 0.3) is 0 Å². The SMILES string of the molecule is Cc1ccc(-c2ccc3c(c2)O[C@H](CN(C)Cc2cccnc2)[C@@H](C)CN([C@H](C)CO)S3(=O)=O)cc1. The molecule has 1 N–H and O–H groups in total. The highest BCUT2D eigenvalue weighted by atomic mass is 32.2. The Bertz CT molecular complexity index is 1270. The van der Waals surface area contributed by atoms with Gasteiger partial charge in [-0.25, -0.2) is 8.42 Å². The zero-order chi connectivity index (χ0) is 25.9. The predicted molar refractivity (Wildman–Crippen MR) is 141 cm³/mol. The van der Waals surface area contributed by atoms with Crippen LogP contribution in [0.4, 0.5) is 0 Å². The second-order valence-corrected chi connectivity index (χ2v) is 11.7. The van der Waals surface area contributed by atoms with Crippen molar-refractivity contribution in [1.82, 2.24) is 14.2 Å². The summed E-state index contributed by atoms with van der Waals surface area (Å²) in [6.07, 6.45) is 3.34. The van der Waals surface area contributed by atoms with E-state index in [9.17, 15) is 13.5 Å². The molecule has 1 aromatic heterocycles. The first kappa shape index (κ1) is 26.3. The molecule has 3 aromatic rings. The molecular weight excluding hydrogens is 474 g/mol. The van der Waals surface area contributed by atoms with Crippen LogP contribution in [0.1, 0.15) is 25.0 Å². The molecule has 4 rings (SSSR count). The molecular formula is C28H35N3O4S. The summed E-state index contributed by atoms with van der Waals surface area (Å²) in [5, 5.41) is 9.85. The number of aromatic nitrogens is 1. The van der Waals surface area contributed by atoms with Gasteiger partial charge in [-0.1, -0.05) is 48.9 Å². The third-order valence-corrected chi connectivity index (χ3v) is 8.74. The van der Waals surface area contributed by atoms with Crippen LogP contribution >= 0.6 is 0 Å². The lowest BCUT2D eigenvalue weighted by atomic mass is 10.0. The molecule has 8 heteroatoms. The predicted octanol–water partition coefficient (Wildman–Crippen LogP) is 3.96. The first-order valence-electron chi connectivity index (χ1n) is 12.3. The number of rotatable bonds is 7. The zero-order valence-corrected chi connectivity index (χ0v) is 22.1. The Balaban J connectivity index is 1.72. The highest BCUT2D eigenvalue weighted by Gasteiger charge is 2.38. The van der Waals surface area contributed by atoms with Gasteiger partial charge in [0.1, 0.15) is 16.7 Å². The Labute approximate surface area is 214 Å². The third-order valence-electron chi connectivity index (χ3n) is 6.72. The van der Waals surface area contributed by atoms with Gasteiger partial charge in [-0.05, 0) is 55.8 Å². The van der Waals surface area contributed by atoms with Gasteiger partial charge in [-0.2, -0.15) is 4.31 Å². The van der Waals surface area contributed by atoms with E-state index in [1.54, 1.807) is 19.2 Å². The number of nitrogens with zero attached hydrogens (tertiary/aromatic N) is 3. The molecule has 0 spiro atoms. The molecule has 1 aliphatic rings. The van der Waals surface area contributed by atoms with Gasteiger partial charge >= 0.3 is 0 Å². The molecule has 0 aliphatic carbocycles. The number of benzene rings is 2. The molecule has 0 fully saturated rings. The van der Waals surface area contributed by atoms with E-state index >= 15 is 0 Å². The molecule has 0 saturated carbocycles. The highest BCUT2D eigenvalue weighted by Crippen LogP contribution is 2.36. The molecule has 1 aliphatic heterocycles. The van der Waals surface area contributed by atoms with E-state index in [1.165, 1.54) is 4.31 Å². The summed E-state index contributed by atoms with van der Waals surface area (Å²) in [7, 11) is -1.84. The zero-order valence-electron chi connectivity index (χ0n) is 21.3. The van der Waals surface area contributed by atoms with E-state index in [1.807, 2.05) is 75.6 Å². The van der Waals surface area contributed by atoms with Crippen molar-refractivity contribution in [2.45, 2.75) is 44.4 Å². The monoisotopic (exact) mass is 509 g/mol. The van der Waals surface area contributed by atoms with Crippen LogP contribution < -0.4 is 4.74 Å². The summed E-state index contributed by atoms with van der Waals surface area (Å²) in [5.41, 5.74) is 4.13. The van der Waals surface area contributed by atoms with E-state index < -0.39 is 16.1 Å². The normalized spacial score (nSPS) is 20.7. The summed E-state index contributed by atoms with van der Waals surface area (Å²) in [6.45, 7) is 7.08. The molecule has 2 aromatic carbocycles. The lowest BCUT2D eigenvalue weighted by Crippen LogP contribution is -2.49. The van der Waals surface area contributed by atoms with Gasteiger partial charge < -0.3 is 9.84 Å². The third kappa shape index (κ3) is 5.78. The number of ether oxygens (including phenoxy) is 1. The van der Waals surface area contributed by atoms with E-state index in [2.05, 4.69) is 9.88 Å². The number of fused-ring (bicyclic) bond motifs is 1. The van der Waals surface area contributed by atoms with Gasteiger partial charge in [0, 0.05) is 44.0 Å². The standard InChI is InChI=1S/C28H35N3O4S/c1-20-7-9-24(10-8-20)25-11-12-28-26(14-25)35-27(18-30(4)17-23-6-5-13-29-15-23)21(2)16-31(22(3)19-32)36(28,33)34/h5-15,21-22,27,32H,16-19H2,1-4H3/t21-,22+,27+/m0/s1. The molecule has 0 unspecified atom stereocenters. The van der Waals surface area contributed by atoms with Crippen LogP contribution in [0.25, 0.3) is 11.1 Å². The van der Waals surface area contributed by atoms with Crippen molar-refractivity contribution in [2.75, 3.05) is 26.7 Å². The minimum absolute atomic E-state index is 0.110. The molecule has 7 nitrogen and oxygen atoms in total. The number of aryl methyl sites for hydroxylation is 1. The van der Waals surface area contributed by atoms with Crippen molar-refractivity contribution in [2.24, 2.45) is 5.92 Å². The second-order valence-electron chi connectivity index (χ2n) is 9.83. The Morgan fingerprint density at radius 2 is 1.89 bits per heavy atom. The quantitative estimate of drug-likeness (QED) is 0.519. The van der Waals surface area contributed by atoms with Crippen LogP contribution in [-0.2, 0) is 16.6 Å². The minimum Gasteiger partial charge on any atom is -0.487 e. The van der Waals surface area contributed by atoms with Gasteiger partial charge in [-0.15, -0.1) is 0 Å². The maximum atomic E-state index is 13.7. The van der Waals surface area contributed by atoms with Gasteiger partial charge in [0.15, 0.2) is 0 Å². The van der Waals surface area contributed by atoms with Gasteiger partial charge in [-0.3, -0.25) is 9.88 Å². The number of hydrogen-bond acceptors (Lipinski definition) is 6. The Hall–Kier alpha value is -2.78. The van der Waals surface area contributed by atoms with Crippen molar-refractivity contribution >= 4 is 10.0 Å². The number of pyridine rings is 1. The average molecular weight is 510 g/mol. The number of aliphatic hydroxyl groups is 1. The van der Waals surface area contributed by atoms with E-state index in [0.29, 0.717) is 18.8 Å². The van der Waals surface area contributed by atoms with Crippen molar-refractivity contribution in [3.8, 4) is 16.9 Å². The molecule has 3 atom stereocenters. The summed E-state index contributed by atoms with van der Waals surface area (Å²) < 4.78 is 35.3. The van der Waals surface area contributed by atoms with Crippen LogP contribution in [0.15, 0.2) is 71.9 Å². The van der Waals surface area contributed by atoms with Crippen molar-refractivity contribution in [3.05, 3.63) is 78.1 Å². The lowest BCUT2D eigenvalue weighted by molar-refractivity contribution is 0.0734. The first-order chi connectivity index (χ1) is 17.2. The molecule has 0 radical (unpaired) electrons. The van der Waals surface area contributed by atoms with Crippen molar-refractivity contribution in [3.63, 3.8) is 0 Å². The molecule has 2 heterocycles. The maximum Gasteiger partial charge on any atom is 0.247 e. The smallest absolute Gasteiger partial charge is 0.247 e. The Morgan fingerprint density at radius 3 is 2.56 bits per heavy atom. The van der Waals surface area contributed by atoms with Gasteiger partial charge in [0.05, 0.1) is 6.61 Å². The largest absolute Gasteiger partial charge is 0.487 e. The molecule has 0 saturated heterocycles. The van der Waals surface area contributed by atoms with Crippen LogP contribution in [0.3, 0.4) is 0 Å². The van der Waals surface area contributed by atoms with E-state index in [-0.39, 0.29) is 30.1 Å². The Morgan fingerprint density at radius 1 is 1.17 bits per heavy atom. The van der Waals surface area contributed by atoms with Crippen LogP contribution in [0, 0.1) is 12.8 Å². The Kier molecular flexibility index (Phi) is 8.10. The summed E-state index contributed by atoms with van der Waals surface area (Å²) >= 11 is 0. The van der Waals surface area contributed by atoms with Crippen molar-refractivity contribution < 1.29 is 18.3 Å². The first-order valence-corrected chi connectivity index (χ1v) is 13.7. The average Bonchev–Trinajstić information content (AvgIpc) is 2.86. The maximum absolute atomic E-state index is 13.7. The van der Waals surface area contributed by atoms with E-state index in [0.717, 1.165) is 22.3 Å². The van der Waals surface area contributed by atoms with Crippen LogP contribution in [0.2, 0.25) is 0 Å². The fraction of sp³-hybridized carbons (Fsp3) is 0.393. The molecule has 192 valence electrons. The summed E-state index contributed by atoms with van der Waals surface area (Å²) in [4.78, 5) is 6.49. The second kappa shape index (κ2) is 11.1. The fourth-order valence-corrected chi connectivity index (χ4v) is 6.37. The number of aliphatic hydroxyl groups excluding tert-OH is 1. The fourth-order valence-electron chi connectivity index (χ4n) is 4.54. The molecule has 0 amide bonds. The van der Waals surface area contributed by atoms with E-state index in [4.69, 9.17) is 4.74 Å². The molecule has 36 heavy (non-hydrogen) atoms. The highest BCUT2D eigenvalue weighted by molar-refractivity contribution is 7.89. The molecule has 0 bridgehead atoms. The van der Waals surface area contributed by atoms with Gasteiger partial charge in [0.2, 0.25) is 10.0 Å². The topological polar surface area (TPSA) is 83.0 Å². The minimum atomic E-state index is -3.87. The number of hydrogen-bond donors (Lipinski definition) is 1.